The summed E-state index contributed by atoms with van der Waals surface area (Å²) in [6.45, 7) is 0. The van der Waals surface area contributed by atoms with Gasteiger partial charge in [-0.15, -0.1) is 0 Å². The molecule has 6 heteroatoms. The summed E-state index contributed by atoms with van der Waals surface area (Å²) in [5.74, 6) is 2.75. The molecule has 0 atom stereocenters. The van der Waals surface area contributed by atoms with Gasteiger partial charge in [-0.3, -0.25) is 9.88 Å². The highest BCUT2D eigenvalue weighted by Crippen LogP contribution is 2.41. The molecule has 5 heterocycles. The molecule has 8 aromatic rings. The van der Waals surface area contributed by atoms with Gasteiger partial charge in [-0.25, -0.2) is 4.98 Å². The molecule has 216 valence electrons. The zero-order valence-corrected chi connectivity index (χ0v) is 25.7. The third-order valence-corrected chi connectivity index (χ3v) is 14.5. The van der Waals surface area contributed by atoms with E-state index in [4.69, 9.17) is 14.7 Å². The molecule has 2 aliphatic heterocycles. The highest BCUT2D eigenvalue weighted by atomic mass is 28.3. The van der Waals surface area contributed by atoms with Crippen LogP contribution >= 0.6 is 0 Å². The Kier molecular flexibility index (Phi) is 5.24. The molecule has 0 fully saturated rings. The fraction of sp³-hybridized carbons (Fsp3) is 0. The number of benzene rings is 5. The number of anilines is 3. The average Bonchev–Trinajstić information content (AvgIpc) is 3.46. The van der Waals surface area contributed by atoms with E-state index >= 15 is 0 Å². The summed E-state index contributed by atoms with van der Waals surface area (Å²) >= 11 is 0. The van der Waals surface area contributed by atoms with Gasteiger partial charge in [0, 0.05) is 23.0 Å². The molecule has 46 heavy (non-hydrogen) atoms. The standard InChI is InChI=1S/C40H26N4OSi/c1-2-13-29-28(12-1)40-32(16-11-25-41-40)43(29)27-23-24-39(42-26-27)44-30-14-3-7-19-35(30)46(36-20-8-4-15-31(36)44)37-21-9-5-17-33(37)45-34-18-6-10-22-38(34)46/h1-26H. The molecule has 10 rings (SSSR count). The van der Waals surface area contributed by atoms with E-state index in [1.54, 1.807) is 0 Å². The van der Waals surface area contributed by atoms with Crippen molar-refractivity contribution in [2.24, 2.45) is 0 Å². The minimum Gasteiger partial charge on any atom is -0.458 e. The molecule has 0 unspecified atom stereocenters. The van der Waals surface area contributed by atoms with Crippen molar-refractivity contribution in [2.45, 2.75) is 0 Å². The van der Waals surface area contributed by atoms with Crippen molar-refractivity contribution in [1.82, 2.24) is 14.5 Å². The van der Waals surface area contributed by atoms with Crippen LogP contribution in [0, 0.1) is 0 Å². The fourth-order valence-electron chi connectivity index (χ4n) is 7.77. The molecule has 3 aromatic heterocycles. The molecule has 2 aliphatic rings. The summed E-state index contributed by atoms with van der Waals surface area (Å²) < 4.78 is 8.81. The number of fused-ring (bicyclic) bond motifs is 11. The normalized spacial score (nSPS) is 14.0. The van der Waals surface area contributed by atoms with Crippen molar-refractivity contribution in [1.29, 1.82) is 0 Å². The van der Waals surface area contributed by atoms with E-state index in [0.29, 0.717) is 0 Å². The summed E-state index contributed by atoms with van der Waals surface area (Å²) in [5, 5.41) is 6.34. The Balaban J connectivity index is 1.21. The maximum Gasteiger partial charge on any atom is 0.192 e. The lowest BCUT2D eigenvalue weighted by atomic mass is 10.2. The van der Waals surface area contributed by atoms with Crippen LogP contribution in [0.3, 0.4) is 0 Å². The van der Waals surface area contributed by atoms with Crippen LogP contribution in [0.1, 0.15) is 0 Å². The van der Waals surface area contributed by atoms with Crippen LogP contribution in [0.15, 0.2) is 158 Å². The van der Waals surface area contributed by atoms with E-state index in [-0.39, 0.29) is 0 Å². The number of pyridine rings is 2. The van der Waals surface area contributed by atoms with Crippen molar-refractivity contribution >= 4 is 67.9 Å². The number of nitrogens with zero attached hydrogens (tertiary/aromatic N) is 4. The second kappa shape index (κ2) is 9.51. The van der Waals surface area contributed by atoms with Gasteiger partial charge in [0.25, 0.3) is 0 Å². The second-order valence-electron chi connectivity index (χ2n) is 11.8. The quantitative estimate of drug-likeness (QED) is 0.202. The van der Waals surface area contributed by atoms with Gasteiger partial charge in [-0.2, -0.15) is 0 Å². The van der Waals surface area contributed by atoms with Gasteiger partial charge in [0.2, 0.25) is 0 Å². The maximum atomic E-state index is 6.56. The minimum atomic E-state index is -2.75. The molecule has 0 bridgehead atoms. The smallest absolute Gasteiger partial charge is 0.192 e. The molecule has 0 saturated heterocycles. The van der Waals surface area contributed by atoms with E-state index in [9.17, 15) is 0 Å². The number of hydrogen-bond donors (Lipinski definition) is 0. The average molecular weight is 607 g/mol. The first-order valence-corrected chi connectivity index (χ1v) is 17.5. The van der Waals surface area contributed by atoms with E-state index in [1.165, 1.54) is 20.7 Å². The third-order valence-electron chi connectivity index (χ3n) is 9.55. The van der Waals surface area contributed by atoms with Gasteiger partial charge in [0.1, 0.15) is 17.3 Å². The zero-order chi connectivity index (χ0) is 30.2. The van der Waals surface area contributed by atoms with E-state index in [2.05, 4.69) is 149 Å². The first-order chi connectivity index (χ1) is 22.8. The van der Waals surface area contributed by atoms with Gasteiger partial charge in [-0.1, -0.05) is 91.0 Å². The van der Waals surface area contributed by atoms with Crippen molar-refractivity contribution in [3.05, 3.63) is 158 Å². The monoisotopic (exact) mass is 606 g/mol. The summed E-state index contributed by atoms with van der Waals surface area (Å²) in [7, 11) is -2.75. The Morgan fingerprint density at radius 1 is 0.500 bits per heavy atom. The molecular weight excluding hydrogens is 581 g/mol. The van der Waals surface area contributed by atoms with Crippen molar-refractivity contribution in [3.8, 4) is 17.2 Å². The molecular formula is C40H26N4OSi. The molecule has 0 radical (unpaired) electrons. The predicted molar refractivity (Wildman–Crippen MR) is 188 cm³/mol. The Hall–Kier alpha value is -5.98. The third kappa shape index (κ3) is 3.28. The summed E-state index contributed by atoms with van der Waals surface area (Å²) in [4.78, 5) is 12.2. The van der Waals surface area contributed by atoms with E-state index in [1.807, 2.05) is 18.5 Å². The maximum absolute atomic E-state index is 6.56. The molecule has 0 aliphatic carbocycles. The van der Waals surface area contributed by atoms with Gasteiger partial charge < -0.3 is 9.30 Å². The van der Waals surface area contributed by atoms with E-state index in [0.717, 1.165) is 56.3 Å². The lowest BCUT2D eigenvalue weighted by Gasteiger charge is -2.46. The molecule has 0 N–H and O–H groups in total. The first-order valence-electron chi connectivity index (χ1n) is 15.5. The number of ether oxygens (including phenoxy) is 1. The Labute approximate surface area is 266 Å². The fourth-order valence-corrected chi connectivity index (χ4v) is 13.1. The molecule has 0 amide bonds. The van der Waals surface area contributed by atoms with Gasteiger partial charge >= 0.3 is 0 Å². The van der Waals surface area contributed by atoms with Crippen molar-refractivity contribution < 1.29 is 4.74 Å². The minimum absolute atomic E-state index is 0.875. The van der Waals surface area contributed by atoms with Crippen LogP contribution in [0.4, 0.5) is 17.2 Å². The van der Waals surface area contributed by atoms with Crippen LogP contribution in [-0.4, -0.2) is 22.6 Å². The zero-order valence-electron chi connectivity index (χ0n) is 24.7. The van der Waals surface area contributed by atoms with Crippen molar-refractivity contribution in [3.63, 3.8) is 0 Å². The van der Waals surface area contributed by atoms with Gasteiger partial charge in [0.15, 0.2) is 8.07 Å². The molecule has 5 aromatic carbocycles. The first kappa shape index (κ1) is 25.4. The van der Waals surface area contributed by atoms with E-state index < -0.39 is 8.07 Å². The van der Waals surface area contributed by atoms with Crippen LogP contribution in [0.25, 0.3) is 27.6 Å². The summed E-state index contributed by atoms with van der Waals surface area (Å²) in [6.07, 6.45) is 3.84. The lowest BCUT2D eigenvalue weighted by Crippen LogP contribution is -2.78. The van der Waals surface area contributed by atoms with Crippen LogP contribution in [0.5, 0.6) is 11.5 Å². The number of hydrogen-bond acceptors (Lipinski definition) is 4. The summed E-state index contributed by atoms with van der Waals surface area (Å²) in [6, 6.07) is 51.8. The van der Waals surface area contributed by atoms with Gasteiger partial charge in [-0.05, 0) is 75.3 Å². The van der Waals surface area contributed by atoms with Gasteiger partial charge in [0.05, 0.1) is 28.4 Å². The van der Waals surface area contributed by atoms with Crippen LogP contribution < -0.4 is 30.4 Å². The second-order valence-corrected chi connectivity index (χ2v) is 15.5. The SMILES string of the molecule is c1ccc2c(c1)Oc1ccccc1[Si]21c2ccccc2N(c2ccc(-n3c4ccccc4c4ncccc43)cn2)c2ccccc21. The highest BCUT2D eigenvalue weighted by Gasteiger charge is 2.53. The molecule has 0 saturated carbocycles. The largest absolute Gasteiger partial charge is 0.458 e. The molecule has 1 spiro atoms. The Morgan fingerprint density at radius 3 is 1.76 bits per heavy atom. The number of para-hydroxylation sites is 5. The Bertz CT molecular complexity index is 2340. The van der Waals surface area contributed by atoms with Crippen LogP contribution in [-0.2, 0) is 0 Å². The van der Waals surface area contributed by atoms with Crippen LogP contribution in [0.2, 0.25) is 0 Å². The Morgan fingerprint density at radius 2 is 1.09 bits per heavy atom. The number of aromatic nitrogens is 3. The summed E-state index contributed by atoms with van der Waals surface area (Å²) in [5.41, 5.74) is 6.48. The topological polar surface area (TPSA) is 43.2 Å². The van der Waals surface area contributed by atoms with Crippen molar-refractivity contribution in [2.75, 3.05) is 4.90 Å². The number of rotatable bonds is 2. The predicted octanol–water partition coefficient (Wildman–Crippen LogP) is 6.84. The lowest BCUT2D eigenvalue weighted by molar-refractivity contribution is 0.487. The molecule has 5 nitrogen and oxygen atoms in total. The highest BCUT2D eigenvalue weighted by molar-refractivity contribution is 7.22.